The summed E-state index contributed by atoms with van der Waals surface area (Å²) in [5, 5.41) is 3.37. The zero-order chi connectivity index (χ0) is 14.8. The molecule has 3 nitrogen and oxygen atoms in total. The average molecular weight is 279 g/mol. The maximum absolute atomic E-state index is 6.21. The van der Waals surface area contributed by atoms with Gasteiger partial charge in [0.05, 0.1) is 6.61 Å². The lowest BCUT2D eigenvalue weighted by atomic mass is 10.0. The molecule has 0 saturated heterocycles. The van der Waals surface area contributed by atoms with E-state index in [-0.39, 0.29) is 6.10 Å². The van der Waals surface area contributed by atoms with Crippen LogP contribution in [0.1, 0.15) is 46.5 Å². The van der Waals surface area contributed by atoms with Gasteiger partial charge in [-0.25, -0.2) is 0 Å². The highest BCUT2D eigenvalue weighted by Gasteiger charge is 2.20. The van der Waals surface area contributed by atoms with Gasteiger partial charge in [-0.3, -0.25) is 0 Å². The molecule has 1 aromatic carbocycles. The first-order valence-corrected chi connectivity index (χ1v) is 7.82. The standard InChI is InChI=1S/C17H29NO2/c1-5-10-14(18-4)15(7-3)20-17-12-9-8-11-16(17)19-13-6-2/h8-9,11-12,14-15,18H,5-7,10,13H2,1-4H3. The summed E-state index contributed by atoms with van der Waals surface area (Å²) in [6.07, 6.45) is 4.42. The highest BCUT2D eigenvalue weighted by molar-refractivity contribution is 5.39. The van der Waals surface area contributed by atoms with Crippen molar-refractivity contribution in [2.45, 2.75) is 58.6 Å². The predicted molar refractivity (Wildman–Crippen MR) is 84.7 cm³/mol. The smallest absolute Gasteiger partial charge is 0.161 e. The van der Waals surface area contributed by atoms with Crippen LogP contribution in [-0.4, -0.2) is 25.8 Å². The van der Waals surface area contributed by atoms with Gasteiger partial charge >= 0.3 is 0 Å². The highest BCUT2D eigenvalue weighted by Crippen LogP contribution is 2.29. The summed E-state index contributed by atoms with van der Waals surface area (Å²) in [7, 11) is 2.01. The first-order chi connectivity index (χ1) is 9.76. The maximum Gasteiger partial charge on any atom is 0.161 e. The van der Waals surface area contributed by atoms with Gasteiger partial charge in [-0.1, -0.05) is 39.3 Å². The van der Waals surface area contributed by atoms with Crippen LogP contribution in [0, 0.1) is 0 Å². The third kappa shape index (κ3) is 5.04. The fourth-order valence-corrected chi connectivity index (χ4v) is 2.32. The molecule has 20 heavy (non-hydrogen) atoms. The molecular weight excluding hydrogens is 250 g/mol. The molecule has 0 amide bonds. The Morgan fingerprint density at radius 2 is 1.75 bits per heavy atom. The SMILES string of the molecule is CCCOc1ccccc1OC(CC)C(CCC)NC. The lowest BCUT2D eigenvalue weighted by molar-refractivity contribution is 0.139. The van der Waals surface area contributed by atoms with E-state index in [0.717, 1.165) is 43.8 Å². The van der Waals surface area contributed by atoms with Crippen molar-refractivity contribution in [3.8, 4) is 11.5 Å². The van der Waals surface area contributed by atoms with E-state index in [4.69, 9.17) is 9.47 Å². The van der Waals surface area contributed by atoms with Crippen LogP contribution in [0.2, 0.25) is 0 Å². The van der Waals surface area contributed by atoms with E-state index in [1.54, 1.807) is 0 Å². The summed E-state index contributed by atoms with van der Waals surface area (Å²) in [4.78, 5) is 0. The van der Waals surface area contributed by atoms with Crippen molar-refractivity contribution in [2.75, 3.05) is 13.7 Å². The van der Waals surface area contributed by atoms with Crippen molar-refractivity contribution in [3.05, 3.63) is 24.3 Å². The molecule has 0 heterocycles. The molecule has 1 aromatic rings. The van der Waals surface area contributed by atoms with Crippen LogP contribution in [0.4, 0.5) is 0 Å². The number of hydrogen-bond donors (Lipinski definition) is 1. The topological polar surface area (TPSA) is 30.5 Å². The second-order valence-electron chi connectivity index (χ2n) is 5.04. The number of benzene rings is 1. The van der Waals surface area contributed by atoms with Crippen molar-refractivity contribution >= 4 is 0 Å². The molecule has 0 radical (unpaired) electrons. The van der Waals surface area contributed by atoms with Crippen LogP contribution in [0.3, 0.4) is 0 Å². The molecule has 1 rings (SSSR count). The molecule has 0 spiro atoms. The summed E-state index contributed by atoms with van der Waals surface area (Å²) in [6.45, 7) is 7.20. The third-order valence-electron chi connectivity index (χ3n) is 3.41. The summed E-state index contributed by atoms with van der Waals surface area (Å²) < 4.78 is 12.0. The predicted octanol–water partition coefficient (Wildman–Crippen LogP) is 4.02. The average Bonchev–Trinajstić information content (AvgIpc) is 2.49. The molecular formula is C17H29NO2. The molecule has 114 valence electrons. The van der Waals surface area contributed by atoms with Crippen molar-refractivity contribution in [3.63, 3.8) is 0 Å². The summed E-state index contributed by atoms with van der Waals surface area (Å²) in [5.74, 6) is 1.70. The minimum absolute atomic E-state index is 0.173. The number of rotatable bonds is 10. The Hall–Kier alpha value is -1.22. The Kier molecular flexibility index (Phi) is 8.12. The number of para-hydroxylation sites is 2. The van der Waals surface area contributed by atoms with E-state index in [0.29, 0.717) is 6.04 Å². The van der Waals surface area contributed by atoms with Crippen LogP contribution in [-0.2, 0) is 0 Å². The zero-order valence-electron chi connectivity index (χ0n) is 13.3. The minimum Gasteiger partial charge on any atom is -0.490 e. The zero-order valence-corrected chi connectivity index (χ0v) is 13.3. The van der Waals surface area contributed by atoms with E-state index < -0.39 is 0 Å². The van der Waals surface area contributed by atoms with Gasteiger partial charge in [-0.05, 0) is 38.4 Å². The van der Waals surface area contributed by atoms with Crippen LogP contribution in [0.5, 0.6) is 11.5 Å². The second kappa shape index (κ2) is 9.65. The summed E-state index contributed by atoms with van der Waals surface area (Å²) in [5.41, 5.74) is 0. The van der Waals surface area contributed by atoms with Gasteiger partial charge in [0.1, 0.15) is 6.10 Å². The Morgan fingerprint density at radius 1 is 1.05 bits per heavy atom. The quantitative estimate of drug-likeness (QED) is 0.701. The number of likely N-dealkylation sites (N-methyl/N-ethyl adjacent to an activating group) is 1. The van der Waals surface area contributed by atoms with Crippen molar-refractivity contribution < 1.29 is 9.47 Å². The molecule has 3 heteroatoms. The van der Waals surface area contributed by atoms with Gasteiger partial charge in [0.15, 0.2) is 11.5 Å². The van der Waals surface area contributed by atoms with Crippen molar-refractivity contribution in [1.29, 1.82) is 0 Å². The first-order valence-electron chi connectivity index (χ1n) is 7.82. The van der Waals surface area contributed by atoms with Gasteiger partial charge in [0.2, 0.25) is 0 Å². The summed E-state index contributed by atoms with van der Waals surface area (Å²) >= 11 is 0. The van der Waals surface area contributed by atoms with Gasteiger partial charge in [0, 0.05) is 6.04 Å². The van der Waals surface area contributed by atoms with E-state index in [1.807, 2.05) is 31.3 Å². The van der Waals surface area contributed by atoms with Crippen molar-refractivity contribution in [1.82, 2.24) is 5.32 Å². The molecule has 0 saturated carbocycles. The van der Waals surface area contributed by atoms with Crippen LogP contribution in [0.15, 0.2) is 24.3 Å². The molecule has 0 aliphatic carbocycles. The Labute approximate surface area is 123 Å². The molecule has 0 aliphatic rings. The molecule has 0 aliphatic heterocycles. The van der Waals surface area contributed by atoms with Gasteiger partial charge in [-0.15, -0.1) is 0 Å². The molecule has 0 fully saturated rings. The lowest BCUT2D eigenvalue weighted by Crippen LogP contribution is -2.40. The molecule has 2 atom stereocenters. The maximum atomic E-state index is 6.21. The normalized spacial score (nSPS) is 13.8. The lowest BCUT2D eigenvalue weighted by Gasteiger charge is -2.27. The molecule has 0 aromatic heterocycles. The van der Waals surface area contributed by atoms with Crippen LogP contribution >= 0.6 is 0 Å². The van der Waals surface area contributed by atoms with Gasteiger partial charge in [-0.2, -0.15) is 0 Å². The van der Waals surface area contributed by atoms with E-state index >= 15 is 0 Å². The van der Waals surface area contributed by atoms with Crippen molar-refractivity contribution in [2.24, 2.45) is 0 Å². The highest BCUT2D eigenvalue weighted by atomic mass is 16.5. The molecule has 0 bridgehead atoms. The monoisotopic (exact) mass is 279 g/mol. The Morgan fingerprint density at radius 3 is 2.30 bits per heavy atom. The first kappa shape index (κ1) is 16.8. The fourth-order valence-electron chi connectivity index (χ4n) is 2.32. The van der Waals surface area contributed by atoms with E-state index in [9.17, 15) is 0 Å². The Balaban J connectivity index is 2.77. The molecule has 1 N–H and O–H groups in total. The fraction of sp³-hybridized carbons (Fsp3) is 0.647. The minimum atomic E-state index is 0.173. The molecule has 2 unspecified atom stereocenters. The van der Waals surface area contributed by atoms with E-state index in [2.05, 4.69) is 26.1 Å². The largest absolute Gasteiger partial charge is 0.490 e. The number of ether oxygens (including phenoxy) is 2. The summed E-state index contributed by atoms with van der Waals surface area (Å²) in [6, 6.07) is 8.33. The number of nitrogens with one attached hydrogen (secondary N) is 1. The second-order valence-corrected chi connectivity index (χ2v) is 5.04. The van der Waals surface area contributed by atoms with Gasteiger partial charge < -0.3 is 14.8 Å². The Bertz CT molecular complexity index is 368. The van der Waals surface area contributed by atoms with Crippen LogP contribution in [0.25, 0.3) is 0 Å². The number of hydrogen-bond acceptors (Lipinski definition) is 3. The van der Waals surface area contributed by atoms with E-state index in [1.165, 1.54) is 0 Å². The van der Waals surface area contributed by atoms with Crippen LogP contribution < -0.4 is 14.8 Å². The third-order valence-corrected chi connectivity index (χ3v) is 3.41. The van der Waals surface area contributed by atoms with Gasteiger partial charge in [0.25, 0.3) is 0 Å².